The van der Waals surface area contributed by atoms with E-state index < -0.39 is 41.7 Å². The summed E-state index contributed by atoms with van der Waals surface area (Å²) in [5, 5.41) is 9.14. The van der Waals surface area contributed by atoms with Gasteiger partial charge in [-0.05, 0) is 23.8 Å². The van der Waals surface area contributed by atoms with E-state index in [1.165, 1.54) is 38.7 Å². The minimum Gasteiger partial charge on any atom is -0.474 e. The van der Waals surface area contributed by atoms with Gasteiger partial charge < -0.3 is 18.9 Å². The summed E-state index contributed by atoms with van der Waals surface area (Å²) in [5.74, 6) is -1.11. The molecule has 1 aliphatic rings. The minimum absolute atomic E-state index is 0.261. The zero-order chi connectivity index (χ0) is 24.0. The highest BCUT2D eigenvalue weighted by atomic mass is 32.2. The normalized spacial score (nSPS) is 21.9. The van der Waals surface area contributed by atoms with E-state index in [4.69, 9.17) is 24.2 Å². The molecule has 1 fully saturated rings. The van der Waals surface area contributed by atoms with Gasteiger partial charge in [0, 0.05) is 38.3 Å². The minimum atomic E-state index is -1.04. The van der Waals surface area contributed by atoms with Gasteiger partial charge in [-0.15, -0.1) is 11.8 Å². The van der Waals surface area contributed by atoms with E-state index in [0.717, 1.165) is 11.1 Å². The maximum Gasteiger partial charge on any atom is 0.303 e. The maximum atomic E-state index is 11.8. The summed E-state index contributed by atoms with van der Waals surface area (Å²) in [4.78, 5) is 39.2. The van der Waals surface area contributed by atoms with Crippen molar-refractivity contribution in [1.29, 1.82) is 5.26 Å². The maximum absolute atomic E-state index is 11.8. The van der Waals surface area contributed by atoms with Crippen LogP contribution >= 0.6 is 11.8 Å². The van der Waals surface area contributed by atoms with E-state index in [1.807, 2.05) is 6.07 Å². The molecule has 2 heterocycles. The van der Waals surface area contributed by atoms with Crippen molar-refractivity contribution in [1.82, 2.24) is 4.98 Å². The Labute approximate surface area is 195 Å². The van der Waals surface area contributed by atoms with Gasteiger partial charge in [0.05, 0.1) is 17.8 Å². The van der Waals surface area contributed by atoms with Crippen molar-refractivity contribution in [3.05, 3.63) is 48.3 Å². The highest BCUT2D eigenvalue weighted by molar-refractivity contribution is 7.99. The SMILES string of the molecule is CC(=O)O[C@H]1[C@H](OC(C)=O)CSC(Oc2cncc(-c3cccc(C#N)c3)c2)[C@@H]1OC(C)=O. The largest absolute Gasteiger partial charge is 0.474 e. The van der Waals surface area contributed by atoms with Gasteiger partial charge in [-0.2, -0.15) is 5.26 Å². The van der Waals surface area contributed by atoms with Gasteiger partial charge in [-0.25, -0.2) is 0 Å². The molecule has 1 aromatic carbocycles. The van der Waals surface area contributed by atoms with E-state index >= 15 is 0 Å². The molecule has 0 spiro atoms. The number of aromatic nitrogens is 1. The van der Waals surface area contributed by atoms with Crippen LogP contribution in [0, 0.1) is 11.3 Å². The van der Waals surface area contributed by atoms with Crippen molar-refractivity contribution in [2.24, 2.45) is 0 Å². The average molecular weight is 471 g/mol. The van der Waals surface area contributed by atoms with Gasteiger partial charge in [0.2, 0.25) is 0 Å². The number of thioether (sulfide) groups is 1. The first kappa shape index (κ1) is 24.1. The smallest absolute Gasteiger partial charge is 0.303 e. The lowest BCUT2D eigenvalue weighted by Crippen LogP contribution is -2.55. The molecule has 3 rings (SSSR count). The average Bonchev–Trinajstić information content (AvgIpc) is 2.77. The number of carbonyl (C=O) groups excluding carboxylic acids is 3. The van der Waals surface area contributed by atoms with Crippen LogP contribution in [0.3, 0.4) is 0 Å². The van der Waals surface area contributed by atoms with Gasteiger partial charge in [-0.3, -0.25) is 19.4 Å². The second-order valence-corrected chi connectivity index (χ2v) is 8.35. The van der Waals surface area contributed by atoms with E-state index in [1.54, 1.807) is 30.5 Å². The van der Waals surface area contributed by atoms with Crippen LogP contribution in [-0.4, -0.2) is 52.4 Å². The monoisotopic (exact) mass is 470 g/mol. The third kappa shape index (κ3) is 6.46. The van der Waals surface area contributed by atoms with Crippen molar-refractivity contribution in [3.8, 4) is 22.9 Å². The van der Waals surface area contributed by atoms with Crippen molar-refractivity contribution >= 4 is 29.7 Å². The molecule has 0 radical (unpaired) electrons. The lowest BCUT2D eigenvalue weighted by atomic mass is 10.1. The zero-order valence-corrected chi connectivity index (χ0v) is 19.0. The van der Waals surface area contributed by atoms with Gasteiger partial charge >= 0.3 is 17.9 Å². The fraction of sp³-hybridized carbons (Fsp3) is 0.348. The number of pyridine rings is 1. The summed E-state index contributed by atoms with van der Waals surface area (Å²) in [7, 11) is 0. The number of benzene rings is 1. The second kappa shape index (κ2) is 10.8. The summed E-state index contributed by atoms with van der Waals surface area (Å²) in [6.07, 6.45) is 0.269. The molecule has 1 saturated heterocycles. The fourth-order valence-corrected chi connectivity index (χ4v) is 4.57. The molecule has 9 nitrogen and oxygen atoms in total. The summed E-state index contributed by atoms with van der Waals surface area (Å²) in [6, 6.07) is 10.9. The first-order valence-corrected chi connectivity index (χ1v) is 11.1. The molecule has 172 valence electrons. The highest BCUT2D eigenvalue weighted by Gasteiger charge is 2.47. The van der Waals surface area contributed by atoms with Gasteiger partial charge in [0.1, 0.15) is 5.75 Å². The molecule has 0 bridgehead atoms. The van der Waals surface area contributed by atoms with Crippen molar-refractivity contribution in [2.75, 3.05) is 5.75 Å². The molecule has 33 heavy (non-hydrogen) atoms. The standard InChI is InChI=1S/C23H22N2O7S/c1-13(26)29-20-12-33-23(22(31-15(3)28)21(20)30-14(2)27)32-19-8-18(10-25-11-19)17-6-4-5-16(7-17)9-24/h4-8,10-11,20-23H,12H2,1-3H3/t20-,21+,22-,23?/m1/s1. The molecule has 10 heteroatoms. The number of carbonyl (C=O) groups is 3. The van der Waals surface area contributed by atoms with Crippen molar-refractivity contribution in [3.63, 3.8) is 0 Å². The Morgan fingerprint density at radius 3 is 2.33 bits per heavy atom. The third-order valence-corrected chi connectivity index (χ3v) is 5.81. The summed E-state index contributed by atoms with van der Waals surface area (Å²) in [6.45, 7) is 3.69. The molecule has 4 atom stereocenters. The number of ether oxygens (including phenoxy) is 4. The lowest BCUT2D eigenvalue weighted by Gasteiger charge is -2.39. The van der Waals surface area contributed by atoms with Crippen LogP contribution in [0.2, 0.25) is 0 Å². The lowest BCUT2D eigenvalue weighted by molar-refractivity contribution is -0.186. The van der Waals surface area contributed by atoms with E-state index in [9.17, 15) is 14.4 Å². The molecule has 0 amide bonds. The molecule has 0 saturated carbocycles. The van der Waals surface area contributed by atoms with Crippen LogP contribution in [0.1, 0.15) is 26.3 Å². The van der Waals surface area contributed by atoms with E-state index in [0.29, 0.717) is 11.3 Å². The molecular weight excluding hydrogens is 448 g/mol. The Kier molecular flexibility index (Phi) is 7.90. The Bertz CT molecular complexity index is 1080. The first-order chi connectivity index (χ1) is 15.8. The predicted octanol–water partition coefficient (Wildman–Crippen LogP) is 2.87. The van der Waals surface area contributed by atoms with Crippen LogP contribution in [0.15, 0.2) is 42.7 Å². The Morgan fingerprint density at radius 2 is 1.67 bits per heavy atom. The number of rotatable bonds is 6. The summed E-state index contributed by atoms with van der Waals surface area (Å²) >= 11 is 1.26. The molecule has 1 aromatic heterocycles. The van der Waals surface area contributed by atoms with Crippen LogP contribution in [0.5, 0.6) is 5.75 Å². The van der Waals surface area contributed by atoms with Crippen molar-refractivity contribution < 1.29 is 33.3 Å². The Morgan fingerprint density at radius 1 is 0.970 bits per heavy atom. The van der Waals surface area contributed by atoms with E-state index in [-0.39, 0.29) is 5.75 Å². The van der Waals surface area contributed by atoms with Crippen LogP contribution < -0.4 is 4.74 Å². The fourth-order valence-electron chi connectivity index (χ4n) is 3.35. The Balaban J connectivity index is 1.88. The predicted molar refractivity (Wildman–Crippen MR) is 118 cm³/mol. The molecular formula is C23H22N2O7S. The van der Waals surface area contributed by atoms with Crippen LogP contribution in [0.25, 0.3) is 11.1 Å². The second-order valence-electron chi connectivity index (χ2n) is 7.22. The van der Waals surface area contributed by atoms with Crippen molar-refractivity contribution in [2.45, 2.75) is 44.5 Å². The summed E-state index contributed by atoms with van der Waals surface area (Å²) < 4.78 is 22.2. The topological polar surface area (TPSA) is 125 Å². The van der Waals surface area contributed by atoms with Gasteiger partial charge in [0.25, 0.3) is 0 Å². The molecule has 0 aliphatic carbocycles. The molecule has 2 aromatic rings. The van der Waals surface area contributed by atoms with Gasteiger partial charge in [-0.1, -0.05) is 12.1 Å². The summed E-state index contributed by atoms with van der Waals surface area (Å²) in [5.41, 5.74) is 1.26. The number of nitriles is 1. The highest BCUT2D eigenvalue weighted by Crippen LogP contribution is 2.35. The zero-order valence-electron chi connectivity index (χ0n) is 18.2. The van der Waals surface area contributed by atoms with Crippen LogP contribution in [0.4, 0.5) is 0 Å². The molecule has 1 unspecified atom stereocenters. The van der Waals surface area contributed by atoms with E-state index in [2.05, 4.69) is 11.1 Å². The molecule has 1 aliphatic heterocycles. The van der Waals surface area contributed by atoms with Crippen LogP contribution in [-0.2, 0) is 28.6 Å². The number of hydrogen-bond donors (Lipinski definition) is 0. The number of hydrogen-bond acceptors (Lipinski definition) is 10. The first-order valence-electron chi connectivity index (χ1n) is 10.0. The number of esters is 3. The third-order valence-electron chi connectivity index (χ3n) is 4.60. The molecule has 0 N–H and O–H groups in total. The quantitative estimate of drug-likeness (QED) is 0.459. The Hall–Kier alpha value is -3.58. The van der Waals surface area contributed by atoms with Gasteiger partial charge in [0.15, 0.2) is 23.7 Å². The number of nitrogens with zero attached hydrogens (tertiary/aromatic N) is 2.